The SMILES string of the molecule is c1ccc(-c2cc3nc4c2ccc2c(-c5ccccc5)cc(nc24)CNCc2ccc4ccc5ccc(nc5c4n2)CNC3)cc1. The smallest absolute Gasteiger partial charge is 0.0975 e. The molecule has 0 saturated heterocycles. The summed E-state index contributed by atoms with van der Waals surface area (Å²) in [6.45, 7) is 2.42. The summed E-state index contributed by atoms with van der Waals surface area (Å²) >= 11 is 0. The highest BCUT2D eigenvalue weighted by molar-refractivity contribution is 6.12. The Morgan fingerprint density at radius 2 is 0.761 bits per heavy atom. The van der Waals surface area contributed by atoms with Gasteiger partial charge in [-0.2, -0.15) is 0 Å². The van der Waals surface area contributed by atoms with E-state index >= 15 is 0 Å². The van der Waals surface area contributed by atoms with Crippen molar-refractivity contribution in [2.45, 2.75) is 26.2 Å². The van der Waals surface area contributed by atoms with Gasteiger partial charge in [0.05, 0.1) is 44.8 Å². The number of aromatic nitrogens is 4. The molecule has 0 unspecified atom stereocenters. The molecule has 0 amide bonds. The van der Waals surface area contributed by atoms with Crippen LogP contribution in [0, 0.1) is 0 Å². The zero-order valence-electron chi connectivity index (χ0n) is 25.2. The molecule has 0 spiro atoms. The lowest BCUT2D eigenvalue weighted by molar-refractivity contribution is 0.669. The summed E-state index contributed by atoms with van der Waals surface area (Å²) in [4.78, 5) is 20.7. The summed E-state index contributed by atoms with van der Waals surface area (Å²) < 4.78 is 0. The Morgan fingerprint density at radius 1 is 0.370 bits per heavy atom. The molecule has 0 atom stereocenters. The van der Waals surface area contributed by atoms with E-state index < -0.39 is 0 Å². The number of nitrogens with one attached hydrogen (secondary N) is 2. The van der Waals surface area contributed by atoms with E-state index in [1.807, 2.05) is 0 Å². The minimum absolute atomic E-state index is 0.594. The van der Waals surface area contributed by atoms with Crippen molar-refractivity contribution in [3.8, 4) is 22.3 Å². The molecule has 2 N–H and O–H groups in total. The lowest BCUT2D eigenvalue weighted by Gasteiger charge is -2.16. The highest BCUT2D eigenvalue weighted by Crippen LogP contribution is 2.36. The summed E-state index contributed by atoms with van der Waals surface area (Å²) in [5.41, 5.74) is 12.2. The van der Waals surface area contributed by atoms with Crippen LogP contribution < -0.4 is 10.6 Å². The van der Waals surface area contributed by atoms with Gasteiger partial charge in [-0.3, -0.25) is 0 Å². The topological polar surface area (TPSA) is 75.6 Å². The van der Waals surface area contributed by atoms with Crippen LogP contribution in [0.2, 0.25) is 0 Å². The van der Waals surface area contributed by atoms with Crippen molar-refractivity contribution in [1.82, 2.24) is 30.6 Å². The van der Waals surface area contributed by atoms with Gasteiger partial charge in [-0.25, -0.2) is 19.9 Å². The molecule has 5 heterocycles. The number of hydrogen-bond donors (Lipinski definition) is 2. The first kappa shape index (κ1) is 26.8. The molecule has 0 fully saturated rings. The predicted molar refractivity (Wildman–Crippen MR) is 186 cm³/mol. The first-order chi connectivity index (χ1) is 22.8. The van der Waals surface area contributed by atoms with Gasteiger partial charge in [0.15, 0.2) is 0 Å². The van der Waals surface area contributed by atoms with Gasteiger partial charge in [0.1, 0.15) is 0 Å². The van der Waals surface area contributed by atoms with Gasteiger partial charge < -0.3 is 10.6 Å². The van der Waals surface area contributed by atoms with Gasteiger partial charge in [-0.1, -0.05) is 97.1 Å². The molecular weight excluding hydrogens is 564 g/mol. The van der Waals surface area contributed by atoms with E-state index in [4.69, 9.17) is 19.9 Å². The fourth-order valence-electron chi connectivity index (χ4n) is 6.66. The van der Waals surface area contributed by atoms with Gasteiger partial charge in [-0.05, 0) is 46.5 Å². The molecule has 46 heavy (non-hydrogen) atoms. The molecule has 9 rings (SSSR count). The Morgan fingerprint density at radius 3 is 1.22 bits per heavy atom. The molecule has 0 radical (unpaired) electrons. The van der Waals surface area contributed by atoms with Gasteiger partial charge in [-0.15, -0.1) is 0 Å². The van der Waals surface area contributed by atoms with Crippen LogP contribution in [0.5, 0.6) is 0 Å². The Bertz CT molecular complexity index is 2250. The van der Waals surface area contributed by atoms with Crippen LogP contribution in [0.25, 0.3) is 65.9 Å². The van der Waals surface area contributed by atoms with Crippen LogP contribution in [-0.4, -0.2) is 19.9 Å². The molecule has 1 aliphatic rings. The highest BCUT2D eigenvalue weighted by Gasteiger charge is 2.16. The molecule has 0 aliphatic carbocycles. The van der Waals surface area contributed by atoms with Gasteiger partial charge in [0, 0.05) is 47.7 Å². The van der Waals surface area contributed by atoms with Crippen molar-refractivity contribution >= 4 is 43.6 Å². The van der Waals surface area contributed by atoms with Gasteiger partial charge in [0.25, 0.3) is 0 Å². The number of fused-ring (bicyclic) bond motifs is 4. The molecule has 0 saturated carbocycles. The molecule has 4 aromatic carbocycles. The van der Waals surface area contributed by atoms with Crippen LogP contribution in [-0.2, 0) is 26.2 Å². The maximum atomic E-state index is 5.29. The average Bonchev–Trinajstić information content (AvgIpc) is 3.11. The standard InChI is InChI=1S/C40H30N6/c1-3-7-25(8-4-1)35-19-31-23-41-21-29-15-13-27-11-12-28-14-16-30(44-38(28)37(27)43-29)22-42-24-32-20-36(26-9-5-2-6-10-26)34-18-17-33(35)39(45-31)40(34)46-32/h1-20,41-42H,21-24H2. The molecular formula is C40H30N6. The third-order valence-electron chi connectivity index (χ3n) is 8.89. The van der Waals surface area contributed by atoms with Crippen molar-refractivity contribution < 1.29 is 0 Å². The summed E-state index contributed by atoms with van der Waals surface area (Å²) in [6.07, 6.45) is 0. The van der Waals surface area contributed by atoms with Crippen molar-refractivity contribution in [2.75, 3.05) is 0 Å². The van der Waals surface area contributed by atoms with Crippen LogP contribution in [0.1, 0.15) is 22.8 Å². The second-order valence-electron chi connectivity index (χ2n) is 11.9. The number of benzene rings is 4. The summed E-state index contributed by atoms with van der Waals surface area (Å²) in [7, 11) is 0. The Balaban J connectivity index is 1.27. The summed E-state index contributed by atoms with van der Waals surface area (Å²) in [5, 5.41) is 11.6. The maximum absolute atomic E-state index is 5.29. The molecule has 4 aromatic heterocycles. The molecule has 8 aromatic rings. The van der Waals surface area contributed by atoms with Crippen molar-refractivity contribution in [2.24, 2.45) is 0 Å². The zero-order chi connectivity index (χ0) is 30.5. The Labute approximate surface area is 266 Å². The normalized spacial score (nSPS) is 13.6. The van der Waals surface area contributed by atoms with Crippen molar-refractivity contribution in [1.29, 1.82) is 0 Å². The Kier molecular flexibility index (Phi) is 6.47. The Hall–Kier alpha value is -5.56. The monoisotopic (exact) mass is 594 g/mol. The predicted octanol–water partition coefficient (Wildman–Crippen LogP) is 8.11. The highest BCUT2D eigenvalue weighted by atomic mass is 14.9. The molecule has 1 aliphatic heterocycles. The second-order valence-corrected chi connectivity index (χ2v) is 11.9. The van der Waals surface area contributed by atoms with Crippen LogP contribution >= 0.6 is 0 Å². The quantitative estimate of drug-likeness (QED) is 0.197. The van der Waals surface area contributed by atoms with Crippen LogP contribution in [0.4, 0.5) is 0 Å². The van der Waals surface area contributed by atoms with Crippen LogP contribution in [0.3, 0.4) is 0 Å². The van der Waals surface area contributed by atoms with E-state index in [1.54, 1.807) is 0 Å². The number of nitrogens with zero attached hydrogens (tertiary/aromatic N) is 4. The van der Waals surface area contributed by atoms with E-state index in [1.165, 1.54) is 0 Å². The third kappa shape index (κ3) is 4.76. The first-order valence-electron chi connectivity index (χ1n) is 15.7. The molecule has 6 nitrogen and oxygen atoms in total. The number of pyridine rings is 4. The summed E-state index contributed by atoms with van der Waals surface area (Å²) in [6, 6.07) is 42.7. The molecule has 8 bridgehead atoms. The first-order valence-corrected chi connectivity index (χ1v) is 15.7. The van der Waals surface area contributed by atoms with E-state index in [0.717, 1.165) is 88.6 Å². The van der Waals surface area contributed by atoms with Crippen LogP contribution in [0.15, 0.2) is 121 Å². The lowest BCUT2D eigenvalue weighted by Crippen LogP contribution is -2.16. The fourth-order valence-corrected chi connectivity index (χ4v) is 6.66. The minimum Gasteiger partial charge on any atom is -0.306 e. The average molecular weight is 595 g/mol. The summed E-state index contributed by atoms with van der Waals surface area (Å²) in [5.74, 6) is 0. The van der Waals surface area contributed by atoms with Gasteiger partial charge in [0.2, 0.25) is 0 Å². The van der Waals surface area contributed by atoms with E-state index in [9.17, 15) is 0 Å². The number of hydrogen-bond acceptors (Lipinski definition) is 6. The number of rotatable bonds is 2. The van der Waals surface area contributed by atoms with E-state index in [2.05, 4.69) is 132 Å². The lowest BCUT2D eigenvalue weighted by atomic mass is 9.95. The van der Waals surface area contributed by atoms with Crippen molar-refractivity contribution in [3.63, 3.8) is 0 Å². The van der Waals surface area contributed by atoms with E-state index in [-0.39, 0.29) is 0 Å². The fraction of sp³-hybridized carbons (Fsp3) is 0.100. The molecule has 6 heteroatoms. The largest absolute Gasteiger partial charge is 0.306 e. The second kappa shape index (κ2) is 11.1. The maximum Gasteiger partial charge on any atom is 0.0975 e. The minimum atomic E-state index is 0.594. The molecule has 220 valence electrons. The third-order valence-corrected chi connectivity index (χ3v) is 8.89. The zero-order valence-corrected chi connectivity index (χ0v) is 25.2. The van der Waals surface area contributed by atoms with Crippen molar-refractivity contribution in [3.05, 3.63) is 144 Å². The van der Waals surface area contributed by atoms with Gasteiger partial charge >= 0.3 is 0 Å². The van der Waals surface area contributed by atoms with E-state index in [0.29, 0.717) is 26.2 Å².